The average molecular weight is 262 g/mol. The summed E-state index contributed by atoms with van der Waals surface area (Å²) < 4.78 is 0. The van der Waals surface area contributed by atoms with Crippen molar-refractivity contribution in [2.45, 2.75) is 39.3 Å². The van der Waals surface area contributed by atoms with Crippen LogP contribution in [0.1, 0.15) is 43.0 Å². The van der Waals surface area contributed by atoms with Crippen molar-refractivity contribution in [1.29, 1.82) is 0 Å². The van der Waals surface area contributed by atoms with Crippen LogP contribution in [-0.4, -0.2) is 36.2 Å². The lowest BCUT2D eigenvalue weighted by Crippen LogP contribution is -2.35. The van der Waals surface area contributed by atoms with E-state index in [1.807, 2.05) is 0 Å². The third-order valence-corrected chi connectivity index (χ3v) is 4.09. The summed E-state index contributed by atoms with van der Waals surface area (Å²) in [4.78, 5) is 2.58. The van der Waals surface area contributed by atoms with Gasteiger partial charge in [0.1, 0.15) is 0 Å². The number of likely N-dealkylation sites (N-methyl/N-ethyl adjacent to an activating group) is 1. The Kier molecular flexibility index (Phi) is 5.37. The summed E-state index contributed by atoms with van der Waals surface area (Å²) in [5.74, 6) is 0. The standard InChI is InChI=1S/C16H26N2O/c1-3-16-15-6-5-13(12-17-8-10-19)11-14(15)7-9-18(16)4-2/h5-6,11,16-17,19H,3-4,7-10,12H2,1-2H3. The molecule has 1 heterocycles. The molecule has 1 atom stereocenters. The van der Waals surface area contributed by atoms with Gasteiger partial charge < -0.3 is 10.4 Å². The predicted octanol–water partition coefficient (Wildman–Crippen LogP) is 2.10. The van der Waals surface area contributed by atoms with Crippen LogP contribution in [0.3, 0.4) is 0 Å². The molecule has 0 fully saturated rings. The maximum atomic E-state index is 8.79. The van der Waals surface area contributed by atoms with E-state index < -0.39 is 0 Å². The molecule has 3 nitrogen and oxygen atoms in total. The predicted molar refractivity (Wildman–Crippen MR) is 79.2 cm³/mol. The lowest BCUT2D eigenvalue weighted by atomic mass is 9.89. The molecule has 106 valence electrons. The van der Waals surface area contributed by atoms with Gasteiger partial charge in [0.05, 0.1) is 6.61 Å². The molecule has 3 heteroatoms. The summed E-state index contributed by atoms with van der Waals surface area (Å²) in [7, 11) is 0. The number of nitrogens with one attached hydrogen (secondary N) is 1. The number of hydrogen-bond acceptors (Lipinski definition) is 3. The third-order valence-electron chi connectivity index (χ3n) is 4.09. The highest BCUT2D eigenvalue weighted by Gasteiger charge is 2.24. The van der Waals surface area contributed by atoms with Gasteiger partial charge in [-0.3, -0.25) is 4.90 Å². The minimum absolute atomic E-state index is 0.203. The molecule has 0 aromatic heterocycles. The number of nitrogens with zero attached hydrogens (tertiary/aromatic N) is 1. The Balaban J connectivity index is 2.13. The zero-order valence-electron chi connectivity index (χ0n) is 12.2. The Morgan fingerprint density at radius 3 is 2.89 bits per heavy atom. The summed E-state index contributed by atoms with van der Waals surface area (Å²) in [6.45, 7) is 8.56. The number of rotatable bonds is 6. The van der Waals surface area contributed by atoms with Crippen LogP contribution in [0.2, 0.25) is 0 Å². The highest BCUT2D eigenvalue weighted by Crippen LogP contribution is 2.32. The maximum Gasteiger partial charge on any atom is 0.0556 e. The van der Waals surface area contributed by atoms with Crippen LogP contribution in [0.5, 0.6) is 0 Å². The molecule has 1 aliphatic heterocycles. The lowest BCUT2D eigenvalue weighted by Gasteiger charge is -2.36. The van der Waals surface area contributed by atoms with Gasteiger partial charge in [-0.15, -0.1) is 0 Å². The van der Waals surface area contributed by atoms with Crippen molar-refractivity contribution in [3.8, 4) is 0 Å². The largest absolute Gasteiger partial charge is 0.395 e. The Bertz CT molecular complexity index is 406. The van der Waals surface area contributed by atoms with E-state index in [1.165, 1.54) is 29.7 Å². The van der Waals surface area contributed by atoms with E-state index in [9.17, 15) is 0 Å². The van der Waals surface area contributed by atoms with E-state index in [-0.39, 0.29) is 6.61 Å². The first-order valence-electron chi connectivity index (χ1n) is 7.47. The van der Waals surface area contributed by atoms with Crippen molar-refractivity contribution in [3.63, 3.8) is 0 Å². The van der Waals surface area contributed by atoms with E-state index in [1.54, 1.807) is 0 Å². The maximum absolute atomic E-state index is 8.79. The molecule has 1 aromatic rings. The highest BCUT2D eigenvalue weighted by molar-refractivity contribution is 5.36. The zero-order chi connectivity index (χ0) is 13.7. The SMILES string of the molecule is CCC1c2ccc(CNCCO)cc2CCN1CC. The summed E-state index contributed by atoms with van der Waals surface area (Å²) in [5, 5.41) is 12.0. The van der Waals surface area contributed by atoms with Crippen molar-refractivity contribution in [2.75, 3.05) is 26.2 Å². The van der Waals surface area contributed by atoms with Gasteiger partial charge in [0.2, 0.25) is 0 Å². The minimum atomic E-state index is 0.203. The van der Waals surface area contributed by atoms with Gasteiger partial charge in [-0.25, -0.2) is 0 Å². The number of benzene rings is 1. The van der Waals surface area contributed by atoms with Crippen LogP contribution in [0.4, 0.5) is 0 Å². The first-order chi connectivity index (χ1) is 9.30. The monoisotopic (exact) mass is 262 g/mol. The van der Waals surface area contributed by atoms with E-state index in [0.29, 0.717) is 12.6 Å². The zero-order valence-corrected chi connectivity index (χ0v) is 12.2. The topological polar surface area (TPSA) is 35.5 Å². The molecule has 0 spiro atoms. The molecule has 19 heavy (non-hydrogen) atoms. The molecular weight excluding hydrogens is 236 g/mol. The van der Waals surface area contributed by atoms with Gasteiger partial charge in [0.25, 0.3) is 0 Å². The summed E-state index contributed by atoms with van der Waals surface area (Å²) in [5.41, 5.74) is 4.35. The average Bonchev–Trinajstić information content (AvgIpc) is 2.46. The van der Waals surface area contributed by atoms with Crippen LogP contribution in [0.15, 0.2) is 18.2 Å². The number of aliphatic hydroxyl groups excluding tert-OH is 1. The molecule has 0 saturated carbocycles. The fourth-order valence-electron chi connectivity index (χ4n) is 3.10. The molecule has 1 unspecified atom stereocenters. The third kappa shape index (κ3) is 3.35. The highest BCUT2D eigenvalue weighted by atomic mass is 16.3. The van der Waals surface area contributed by atoms with Gasteiger partial charge in [-0.1, -0.05) is 32.0 Å². The van der Waals surface area contributed by atoms with E-state index >= 15 is 0 Å². The Morgan fingerprint density at radius 2 is 2.21 bits per heavy atom. The second-order valence-corrected chi connectivity index (χ2v) is 5.24. The van der Waals surface area contributed by atoms with Crippen molar-refractivity contribution in [1.82, 2.24) is 10.2 Å². The molecular formula is C16H26N2O. The quantitative estimate of drug-likeness (QED) is 0.771. The van der Waals surface area contributed by atoms with Crippen LogP contribution < -0.4 is 5.32 Å². The number of hydrogen-bond donors (Lipinski definition) is 2. The number of fused-ring (bicyclic) bond motifs is 1. The van der Waals surface area contributed by atoms with E-state index in [4.69, 9.17) is 5.11 Å². The molecule has 2 rings (SSSR count). The molecule has 0 aliphatic carbocycles. The summed E-state index contributed by atoms with van der Waals surface area (Å²) in [6.07, 6.45) is 2.34. The van der Waals surface area contributed by atoms with Crippen LogP contribution in [0, 0.1) is 0 Å². The van der Waals surface area contributed by atoms with Crippen molar-refractivity contribution in [3.05, 3.63) is 34.9 Å². The fourth-order valence-corrected chi connectivity index (χ4v) is 3.10. The summed E-state index contributed by atoms with van der Waals surface area (Å²) >= 11 is 0. The fraction of sp³-hybridized carbons (Fsp3) is 0.625. The lowest BCUT2D eigenvalue weighted by molar-refractivity contribution is 0.190. The van der Waals surface area contributed by atoms with E-state index in [2.05, 4.69) is 42.3 Å². The Morgan fingerprint density at radius 1 is 1.37 bits per heavy atom. The van der Waals surface area contributed by atoms with Crippen LogP contribution in [0.25, 0.3) is 0 Å². The van der Waals surface area contributed by atoms with Crippen molar-refractivity contribution >= 4 is 0 Å². The van der Waals surface area contributed by atoms with Gasteiger partial charge in [-0.05, 0) is 36.1 Å². The summed E-state index contributed by atoms with van der Waals surface area (Å²) in [6, 6.07) is 7.47. The number of aliphatic hydroxyl groups is 1. The normalized spacial score (nSPS) is 19.4. The molecule has 2 N–H and O–H groups in total. The first-order valence-corrected chi connectivity index (χ1v) is 7.47. The minimum Gasteiger partial charge on any atom is -0.395 e. The van der Waals surface area contributed by atoms with Crippen LogP contribution >= 0.6 is 0 Å². The molecule has 0 bridgehead atoms. The van der Waals surface area contributed by atoms with Gasteiger partial charge in [0, 0.05) is 25.7 Å². The Hall–Kier alpha value is -0.900. The second kappa shape index (κ2) is 7.04. The van der Waals surface area contributed by atoms with Crippen molar-refractivity contribution < 1.29 is 5.11 Å². The van der Waals surface area contributed by atoms with Gasteiger partial charge in [0.15, 0.2) is 0 Å². The van der Waals surface area contributed by atoms with Crippen molar-refractivity contribution in [2.24, 2.45) is 0 Å². The van der Waals surface area contributed by atoms with Gasteiger partial charge in [-0.2, -0.15) is 0 Å². The van der Waals surface area contributed by atoms with Crippen LogP contribution in [-0.2, 0) is 13.0 Å². The Labute approximate surface area is 116 Å². The molecule has 0 radical (unpaired) electrons. The molecule has 0 saturated heterocycles. The molecule has 1 aliphatic rings. The molecule has 1 aromatic carbocycles. The smallest absolute Gasteiger partial charge is 0.0556 e. The van der Waals surface area contributed by atoms with E-state index in [0.717, 1.165) is 19.5 Å². The van der Waals surface area contributed by atoms with Gasteiger partial charge >= 0.3 is 0 Å². The second-order valence-electron chi connectivity index (χ2n) is 5.24. The first kappa shape index (κ1) is 14.5. The molecule has 0 amide bonds.